The molecule has 0 radical (unpaired) electrons. The van der Waals surface area contributed by atoms with Crippen molar-refractivity contribution < 1.29 is 5.11 Å². The highest BCUT2D eigenvalue weighted by Crippen LogP contribution is 2.04. The van der Waals surface area contributed by atoms with Gasteiger partial charge in [-0.2, -0.15) is 0 Å². The number of terminal acetylenes is 1. The Bertz CT molecular complexity index is 503. The molecule has 1 N–H and O–H groups in total. The van der Waals surface area contributed by atoms with E-state index in [1.165, 1.54) is 5.56 Å². The number of aryl methyl sites for hydroxylation is 1. The van der Waals surface area contributed by atoms with Gasteiger partial charge in [-0.3, -0.25) is 4.90 Å². The molecule has 4 nitrogen and oxygen atoms in total. The minimum Gasteiger partial charge on any atom is -0.381 e. The van der Waals surface area contributed by atoms with Crippen molar-refractivity contribution in [1.82, 2.24) is 14.5 Å². The largest absolute Gasteiger partial charge is 0.381 e. The van der Waals surface area contributed by atoms with Crippen molar-refractivity contribution in [2.45, 2.75) is 26.4 Å². The summed E-state index contributed by atoms with van der Waals surface area (Å²) >= 11 is 0. The average Bonchev–Trinajstić information content (AvgIpc) is 3.01. The second kappa shape index (κ2) is 10.7. The fraction of sp³-hybridized carbons (Fsp3) is 0.353. The summed E-state index contributed by atoms with van der Waals surface area (Å²) in [6, 6.07) is 10.2. The van der Waals surface area contributed by atoms with Crippen LogP contribution in [-0.4, -0.2) is 32.8 Å². The van der Waals surface area contributed by atoms with Gasteiger partial charge in [0.2, 0.25) is 0 Å². The van der Waals surface area contributed by atoms with Crippen molar-refractivity contribution in [2.24, 2.45) is 0 Å². The molecule has 112 valence electrons. The number of aliphatic hydroxyl groups excluding tert-OH is 1. The zero-order valence-corrected chi connectivity index (χ0v) is 12.5. The number of hydrogen-bond donors (Lipinski definition) is 1. The van der Waals surface area contributed by atoms with E-state index in [2.05, 4.69) is 34.0 Å². The Kier molecular flexibility index (Phi) is 8.62. The third kappa shape index (κ3) is 7.31. The van der Waals surface area contributed by atoms with Crippen LogP contribution in [0, 0.1) is 12.3 Å². The minimum absolute atomic E-state index is 0.0961. The molecule has 0 amide bonds. The fourth-order valence-electron chi connectivity index (χ4n) is 1.94. The molecule has 0 aliphatic heterocycles. The van der Waals surface area contributed by atoms with E-state index in [1.54, 1.807) is 13.1 Å². The van der Waals surface area contributed by atoms with Gasteiger partial charge in [-0.05, 0) is 18.9 Å². The Morgan fingerprint density at radius 3 is 2.62 bits per heavy atom. The first-order chi connectivity index (χ1) is 10.3. The molecule has 0 bridgehead atoms. The van der Waals surface area contributed by atoms with Crippen molar-refractivity contribution in [1.29, 1.82) is 0 Å². The zero-order chi connectivity index (χ0) is 15.3. The molecule has 1 aromatic heterocycles. The standard InChI is InChI=1S/C14H19N3O.C3H4/c18-13-17(11-14-5-2-1-3-6-14)9-4-8-16-10-7-15-12-16;1-3-2/h1-3,5-7,10,12,18H,4,8-9,11,13H2;1H,2H3. The van der Waals surface area contributed by atoms with Gasteiger partial charge in [0, 0.05) is 32.0 Å². The van der Waals surface area contributed by atoms with Gasteiger partial charge in [0.25, 0.3) is 0 Å². The molecule has 21 heavy (non-hydrogen) atoms. The molecule has 1 aromatic carbocycles. The molecule has 0 aliphatic carbocycles. The predicted octanol–water partition coefficient (Wildman–Crippen LogP) is 2.36. The van der Waals surface area contributed by atoms with Gasteiger partial charge in [-0.1, -0.05) is 30.3 Å². The first-order valence-electron chi connectivity index (χ1n) is 7.00. The SMILES string of the molecule is C#CC.OCN(CCCn1ccnc1)Cc1ccccc1. The lowest BCUT2D eigenvalue weighted by Crippen LogP contribution is -2.26. The van der Waals surface area contributed by atoms with Crippen molar-refractivity contribution in [3.8, 4) is 12.3 Å². The smallest absolute Gasteiger partial charge is 0.0959 e. The summed E-state index contributed by atoms with van der Waals surface area (Å²) in [4.78, 5) is 6.04. The summed E-state index contributed by atoms with van der Waals surface area (Å²) < 4.78 is 2.05. The van der Waals surface area contributed by atoms with E-state index in [1.807, 2.05) is 35.6 Å². The van der Waals surface area contributed by atoms with Crippen LogP contribution in [0.1, 0.15) is 18.9 Å². The van der Waals surface area contributed by atoms with Crippen LogP contribution in [0.4, 0.5) is 0 Å². The fourth-order valence-corrected chi connectivity index (χ4v) is 1.94. The molecule has 0 spiro atoms. The van der Waals surface area contributed by atoms with E-state index < -0.39 is 0 Å². The maximum Gasteiger partial charge on any atom is 0.0959 e. The molecule has 0 atom stereocenters. The van der Waals surface area contributed by atoms with Crippen LogP contribution >= 0.6 is 0 Å². The molecule has 0 unspecified atom stereocenters. The Balaban J connectivity index is 0.000000677. The maximum absolute atomic E-state index is 9.35. The number of aromatic nitrogens is 2. The molecule has 4 heteroatoms. The normalized spacial score (nSPS) is 9.81. The first kappa shape index (κ1) is 17.0. The van der Waals surface area contributed by atoms with Gasteiger partial charge in [0.05, 0.1) is 13.1 Å². The van der Waals surface area contributed by atoms with E-state index in [9.17, 15) is 5.11 Å². The van der Waals surface area contributed by atoms with E-state index in [0.29, 0.717) is 0 Å². The van der Waals surface area contributed by atoms with Crippen LogP contribution in [0.3, 0.4) is 0 Å². The number of benzene rings is 1. The number of hydrogen-bond acceptors (Lipinski definition) is 3. The minimum atomic E-state index is 0.0961. The quantitative estimate of drug-likeness (QED) is 0.627. The molecule has 2 rings (SSSR count). The van der Waals surface area contributed by atoms with Gasteiger partial charge < -0.3 is 9.67 Å². The van der Waals surface area contributed by atoms with Gasteiger partial charge in [-0.25, -0.2) is 4.98 Å². The highest BCUT2D eigenvalue weighted by atomic mass is 16.3. The van der Waals surface area contributed by atoms with Gasteiger partial charge >= 0.3 is 0 Å². The van der Waals surface area contributed by atoms with E-state index >= 15 is 0 Å². The van der Waals surface area contributed by atoms with E-state index in [0.717, 1.165) is 26.1 Å². The topological polar surface area (TPSA) is 41.3 Å². The molecular weight excluding hydrogens is 262 g/mol. The molecular formula is C17H23N3O. The molecule has 1 heterocycles. The average molecular weight is 285 g/mol. The number of rotatable bonds is 7. The van der Waals surface area contributed by atoms with Crippen LogP contribution in [0.5, 0.6) is 0 Å². The molecule has 2 aromatic rings. The van der Waals surface area contributed by atoms with E-state index in [4.69, 9.17) is 0 Å². The Morgan fingerprint density at radius 1 is 1.33 bits per heavy atom. The van der Waals surface area contributed by atoms with Crippen molar-refractivity contribution in [2.75, 3.05) is 13.3 Å². The zero-order valence-electron chi connectivity index (χ0n) is 12.5. The van der Waals surface area contributed by atoms with Crippen molar-refractivity contribution in [3.05, 3.63) is 54.6 Å². The second-order valence-corrected chi connectivity index (χ2v) is 4.62. The highest BCUT2D eigenvalue weighted by Gasteiger charge is 2.04. The van der Waals surface area contributed by atoms with E-state index in [-0.39, 0.29) is 6.73 Å². The van der Waals surface area contributed by atoms with Crippen LogP contribution < -0.4 is 0 Å². The third-order valence-corrected chi connectivity index (χ3v) is 2.90. The Hall–Kier alpha value is -2.09. The monoisotopic (exact) mass is 285 g/mol. The third-order valence-electron chi connectivity index (χ3n) is 2.90. The summed E-state index contributed by atoms with van der Waals surface area (Å²) in [7, 11) is 0. The lowest BCUT2D eigenvalue weighted by atomic mass is 10.2. The summed E-state index contributed by atoms with van der Waals surface area (Å²) in [6.07, 6.45) is 11.2. The number of imidazole rings is 1. The summed E-state index contributed by atoms with van der Waals surface area (Å²) in [6.45, 7) is 4.36. The maximum atomic E-state index is 9.35. The number of nitrogens with zero attached hydrogens (tertiary/aromatic N) is 3. The van der Waals surface area contributed by atoms with Crippen LogP contribution in [0.2, 0.25) is 0 Å². The first-order valence-corrected chi connectivity index (χ1v) is 7.00. The van der Waals surface area contributed by atoms with Gasteiger partial charge in [0.15, 0.2) is 0 Å². The van der Waals surface area contributed by atoms with Crippen LogP contribution in [-0.2, 0) is 13.1 Å². The summed E-state index contributed by atoms with van der Waals surface area (Å²) in [5.74, 6) is 2.25. The van der Waals surface area contributed by atoms with Crippen LogP contribution in [0.15, 0.2) is 49.1 Å². The Labute approximate surface area is 127 Å². The summed E-state index contributed by atoms with van der Waals surface area (Å²) in [5.41, 5.74) is 1.23. The second-order valence-electron chi connectivity index (χ2n) is 4.62. The van der Waals surface area contributed by atoms with Gasteiger partial charge in [0.1, 0.15) is 0 Å². The molecule has 0 fully saturated rings. The van der Waals surface area contributed by atoms with Crippen molar-refractivity contribution >= 4 is 0 Å². The van der Waals surface area contributed by atoms with Crippen molar-refractivity contribution in [3.63, 3.8) is 0 Å². The van der Waals surface area contributed by atoms with Crippen LogP contribution in [0.25, 0.3) is 0 Å². The lowest BCUT2D eigenvalue weighted by Gasteiger charge is -2.19. The molecule has 0 aliphatic rings. The highest BCUT2D eigenvalue weighted by molar-refractivity contribution is 5.14. The molecule has 0 saturated heterocycles. The Morgan fingerprint density at radius 2 is 2.05 bits per heavy atom. The molecule has 0 saturated carbocycles. The lowest BCUT2D eigenvalue weighted by molar-refractivity contribution is 0.0982. The summed E-state index contributed by atoms with van der Waals surface area (Å²) in [5, 5.41) is 9.35. The van der Waals surface area contributed by atoms with Gasteiger partial charge in [-0.15, -0.1) is 12.3 Å². The predicted molar refractivity (Wildman–Crippen MR) is 85.3 cm³/mol. The number of aliphatic hydroxyl groups is 1.